The smallest absolute Gasteiger partial charge is 0.323 e. The minimum atomic E-state index is -0.425. The van der Waals surface area contributed by atoms with Crippen LogP contribution < -0.4 is 5.32 Å². The zero-order valence-corrected chi connectivity index (χ0v) is 10.2. The number of carbonyl (C=O) groups excluding carboxylic acids is 1. The highest BCUT2D eigenvalue weighted by molar-refractivity contribution is 5.76. The molecule has 98 valence electrons. The lowest BCUT2D eigenvalue weighted by Crippen LogP contribution is -2.37. The summed E-state index contributed by atoms with van der Waals surface area (Å²) in [4.78, 5) is 11.8. The van der Waals surface area contributed by atoms with Crippen LogP contribution in [0.2, 0.25) is 0 Å². The number of methoxy groups -OCH3 is 1. The van der Waals surface area contributed by atoms with Crippen LogP contribution in [0, 0.1) is 0 Å². The Morgan fingerprint density at radius 2 is 2.06 bits per heavy atom. The van der Waals surface area contributed by atoms with E-state index in [1.165, 1.54) is 0 Å². The number of hydrogen-bond donors (Lipinski definition) is 2. The molecule has 0 aromatic rings. The van der Waals surface area contributed by atoms with Gasteiger partial charge in [0.25, 0.3) is 0 Å². The molecule has 2 rings (SSSR count). The largest absolute Gasteiger partial charge is 0.461 e. The zero-order valence-electron chi connectivity index (χ0n) is 10.2. The lowest BCUT2D eigenvalue weighted by molar-refractivity contribution is -0.155. The van der Waals surface area contributed by atoms with Crippen LogP contribution in [0.1, 0.15) is 32.1 Å². The van der Waals surface area contributed by atoms with Gasteiger partial charge < -0.3 is 19.9 Å². The fourth-order valence-corrected chi connectivity index (χ4v) is 2.57. The molecule has 0 radical (unpaired) electrons. The van der Waals surface area contributed by atoms with E-state index in [-0.39, 0.29) is 24.2 Å². The van der Waals surface area contributed by atoms with Crippen LogP contribution in [0.15, 0.2) is 0 Å². The molecule has 1 saturated heterocycles. The van der Waals surface area contributed by atoms with E-state index in [2.05, 4.69) is 5.32 Å². The average Bonchev–Trinajstić information content (AvgIpc) is 2.76. The number of β-amino-alcohol motifs (C(OH)–C–C–N with tert-alkyl or cyclic N) is 1. The zero-order chi connectivity index (χ0) is 12.3. The molecule has 2 unspecified atom stereocenters. The number of hydrogen-bond acceptors (Lipinski definition) is 5. The molecule has 1 heterocycles. The highest BCUT2D eigenvalue weighted by atomic mass is 16.5. The van der Waals surface area contributed by atoms with Crippen molar-refractivity contribution < 1.29 is 19.4 Å². The maximum absolute atomic E-state index is 11.8. The maximum Gasteiger partial charge on any atom is 0.323 e. The van der Waals surface area contributed by atoms with Crippen LogP contribution in [0.3, 0.4) is 0 Å². The van der Waals surface area contributed by atoms with Crippen LogP contribution >= 0.6 is 0 Å². The molecule has 2 N–H and O–H groups in total. The van der Waals surface area contributed by atoms with Crippen LogP contribution in [-0.4, -0.2) is 49.1 Å². The Labute approximate surface area is 101 Å². The van der Waals surface area contributed by atoms with Crippen molar-refractivity contribution in [2.45, 2.75) is 56.5 Å². The molecule has 0 amide bonds. The highest BCUT2D eigenvalue weighted by Crippen LogP contribution is 2.24. The van der Waals surface area contributed by atoms with E-state index in [1.807, 2.05) is 0 Å². The fraction of sp³-hybridized carbons (Fsp3) is 0.917. The molecule has 0 bridgehead atoms. The lowest BCUT2D eigenvalue weighted by Gasteiger charge is -2.28. The van der Waals surface area contributed by atoms with E-state index in [0.29, 0.717) is 13.0 Å². The number of carbonyl (C=O) groups is 1. The number of rotatable bonds is 3. The molecule has 4 atom stereocenters. The third kappa shape index (κ3) is 3.40. The van der Waals surface area contributed by atoms with Crippen LogP contribution in [-0.2, 0) is 14.3 Å². The summed E-state index contributed by atoms with van der Waals surface area (Å²) in [6.45, 7) is 0.477. The summed E-state index contributed by atoms with van der Waals surface area (Å²) in [7, 11) is 1.70. The van der Waals surface area contributed by atoms with Gasteiger partial charge >= 0.3 is 5.97 Å². The van der Waals surface area contributed by atoms with Crippen molar-refractivity contribution in [1.29, 1.82) is 0 Å². The van der Waals surface area contributed by atoms with Gasteiger partial charge in [0, 0.05) is 26.5 Å². The fourth-order valence-electron chi connectivity index (χ4n) is 2.57. The molecular weight excluding hydrogens is 222 g/mol. The molecule has 17 heavy (non-hydrogen) atoms. The number of ether oxygens (including phenoxy) is 2. The minimum Gasteiger partial charge on any atom is -0.461 e. The van der Waals surface area contributed by atoms with Crippen molar-refractivity contribution >= 4 is 5.97 Å². The van der Waals surface area contributed by atoms with Gasteiger partial charge in [-0.25, -0.2) is 0 Å². The lowest BCUT2D eigenvalue weighted by atomic mass is 9.95. The molecule has 1 aliphatic carbocycles. The SMILES string of the molecule is COC1CCCC(OC(=O)[C@@H]2C[C@@H](O)CN2)C1. The van der Waals surface area contributed by atoms with Crippen LogP contribution in [0.25, 0.3) is 0 Å². The molecule has 0 aromatic heterocycles. The second-order valence-corrected chi connectivity index (χ2v) is 4.93. The summed E-state index contributed by atoms with van der Waals surface area (Å²) < 4.78 is 10.8. The summed E-state index contributed by atoms with van der Waals surface area (Å²) in [6.07, 6.45) is 4.01. The maximum atomic E-state index is 11.8. The predicted molar refractivity (Wildman–Crippen MR) is 61.6 cm³/mol. The van der Waals surface area contributed by atoms with E-state index in [0.717, 1.165) is 25.7 Å². The van der Waals surface area contributed by atoms with Gasteiger partial charge in [-0.05, 0) is 19.3 Å². The number of nitrogens with one attached hydrogen (secondary N) is 1. The van der Waals surface area contributed by atoms with Gasteiger partial charge in [-0.1, -0.05) is 0 Å². The van der Waals surface area contributed by atoms with Gasteiger partial charge in [-0.2, -0.15) is 0 Å². The Morgan fingerprint density at radius 3 is 2.71 bits per heavy atom. The summed E-state index contributed by atoms with van der Waals surface area (Å²) in [5.41, 5.74) is 0. The normalized spacial score (nSPS) is 38.0. The van der Waals surface area contributed by atoms with Gasteiger partial charge in [0.15, 0.2) is 0 Å². The summed E-state index contributed by atoms with van der Waals surface area (Å²) in [5, 5.41) is 12.3. The molecule has 0 aromatic carbocycles. The van der Waals surface area contributed by atoms with Gasteiger partial charge in [-0.3, -0.25) is 4.79 Å². The number of esters is 1. The van der Waals surface area contributed by atoms with Crippen molar-refractivity contribution in [2.24, 2.45) is 0 Å². The van der Waals surface area contributed by atoms with Gasteiger partial charge in [0.2, 0.25) is 0 Å². The third-order valence-corrected chi connectivity index (χ3v) is 3.59. The van der Waals surface area contributed by atoms with Gasteiger partial charge in [-0.15, -0.1) is 0 Å². The van der Waals surface area contributed by atoms with Crippen molar-refractivity contribution in [1.82, 2.24) is 5.32 Å². The van der Waals surface area contributed by atoms with E-state index < -0.39 is 6.10 Å². The quantitative estimate of drug-likeness (QED) is 0.694. The first-order chi connectivity index (χ1) is 8.19. The Bertz CT molecular complexity index is 271. The van der Waals surface area contributed by atoms with Crippen molar-refractivity contribution in [3.8, 4) is 0 Å². The average molecular weight is 243 g/mol. The van der Waals surface area contributed by atoms with Crippen molar-refractivity contribution in [2.75, 3.05) is 13.7 Å². The van der Waals surface area contributed by atoms with E-state index in [9.17, 15) is 9.90 Å². The molecule has 0 spiro atoms. The standard InChI is InChI=1S/C12H21NO4/c1-16-9-3-2-4-10(6-9)17-12(15)11-5-8(14)7-13-11/h8-11,13-14H,2-7H2,1H3/t8-,9?,10?,11+/m1/s1. The summed E-state index contributed by atoms with van der Waals surface area (Å²) >= 11 is 0. The van der Waals surface area contributed by atoms with E-state index in [4.69, 9.17) is 9.47 Å². The Hall–Kier alpha value is -0.650. The minimum absolute atomic E-state index is 0.0271. The first kappa shape index (κ1) is 12.8. The number of aliphatic hydroxyl groups excluding tert-OH is 1. The van der Waals surface area contributed by atoms with E-state index >= 15 is 0 Å². The van der Waals surface area contributed by atoms with Gasteiger partial charge in [0.05, 0.1) is 12.2 Å². The molecule has 2 aliphatic rings. The molecule has 5 heteroatoms. The Morgan fingerprint density at radius 1 is 1.29 bits per heavy atom. The molecule has 2 fully saturated rings. The Balaban J connectivity index is 1.78. The Kier molecular flexibility index (Phi) is 4.36. The van der Waals surface area contributed by atoms with Crippen molar-refractivity contribution in [3.05, 3.63) is 0 Å². The molecule has 5 nitrogen and oxygen atoms in total. The molecule has 1 saturated carbocycles. The predicted octanol–water partition coefficient (Wildman–Crippen LogP) is 0.210. The molecule has 1 aliphatic heterocycles. The summed E-state index contributed by atoms with van der Waals surface area (Å²) in [5.74, 6) is -0.233. The second-order valence-electron chi connectivity index (χ2n) is 4.93. The summed E-state index contributed by atoms with van der Waals surface area (Å²) in [6, 6.07) is -0.340. The monoisotopic (exact) mass is 243 g/mol. The van der Waals surface area contributed by atoms with Crippen molar-refractivity contribution in [3.63, 3.8) is 0 Å². The second kappa shape index (κ2) is 5.80. The van der Waals surface area contributed by atoms with Crippen LogP contribution in [0.4, 0.5) is 0 Å². The van der Waals surface area contributed by atoms with E-state index in [1.54, 1.807) is 7.11 Å². The number of aliphatic hydroxyl groups is 1. The first-order valence-electron chi connectivity index (χ1n) is 6.33. The highest BCUT2D eigenvalue weighted by Gasteiger charge is 2.32. The third-order valence-electron chi connectivity index (χ3n) is 3.59. The first-order valence-corrected chi connectivity index (χ1v) is 6.33. The van der Waals surface area contributed by atoms with Gasteiger partial charge in [0.1, 0.15) is 12.1 Å². The van der Waals surface area contributed by atoms with Crippen LogP contribution in [0.5, 0.6) is 0 Å². The topological polar surface area (TPSA) is 67.8 Å². The molecular formula is C12H21NO4.